The number of imide groups is 1. The van der Waals surface area contributed by atoms with Crippen LogP contribution in [0.2, 0.25) is 0 Å². The molecule has 2 fully saturated rings. The number of ether oxygens (including phenoxy) is 1. The lowest BCUT2D eigenvalue weighted by molar-refractivity contribution is -0.137. The van der Waals surface area contributed by atoms with Crippen molar-refractivity contribution in [3.05, 3.63) is 70.3 Å². The minimum Gasteiger partial charge on any atom is -0.379 e. The summed E-state index contributed by atoms with van der Waals surface area (Å²) in [4.78, 5) is 53.1. The monoisotopic (exact) mass is 489 g/mol. The summed E-state index contributed by atoms with van der Waals surface area (Å²) < 4.78 is 5.40. The van der Waals surface area contributed by atoms with Crippen molar-refractivity contribution in [3.8, 4) is 0 Å². The molecule has 5 rings (SSSR count). The number of amides is 3. The second kappa shape index (κ2) is 10.7. The SMILES string of the molecule is O=C(CCc1ccc2c(c1)CN(C1CCC(=O)NC1=O)C2=O)Cc1ccc(CN2CCOCC2)cc1. The van der Waals surface area contributed by atoms with E-state index >= 15 is 0 Å². The molecule has 2 aromatic rings. The molecule has 0 aromatic heterocycles. The minimum absolute atomic E-state index is 0.178. The zero-order valence-corrected chi connectivity index (χ0v) is 20.3. The highest BCUT2D eigenvalue weighted by Crippen LogP contribution is 2.28. The highest BCUT2D eigenvalue weighted by molar-refractivity contribution is 6.05. The summed E-state index contributed by atoms with van der Waals surface area (Å²) in [6, 6.07) is 13.3. The second-order valence-corrected chi connectivity index (χ2v) is 9.81. The van der Waals surface area contributed by atoms with E-state index in [2.05, 4.69) is 22.3 Å². The van der Waals surface area contributed by atoms with E-state index in [0.29, 0.717) is 37.8 Å². The van der Waals surface area contributed by atoms with E-state index in [0.717, 1.165) is 49.5 Å². The molecule has 3 heterocycles. The number of piperidine rings is 1. The normalized spacial score (nSPS) is 20.4. The van der Waals surface area contributed by atoms with Gasteiger partial charge in [0.25, 0.3) is 5.91 Å². The molecule has 3 amide bonds. The van der Waals surface area contributed by atoms with Gasteiger partial charge in [-0.1, -0.05) is 36.4 Å². The molecule has 0 bridgehead atoms. The third-order valence-electron chi connectivity index (χ3n) is 7.21. The Hall–Kier alpha value is -3.36. The third-order valence-corrected chi connectivity index (χ3v) is 7.21. The molecule has 1 atom stereocenters. The van der Waals surface area contributed by atoms with Crippen LogP contribution in [0.1, 0.15) is 51.9 Å². The number of carbonyl (C=O) groups is 4. The lowest BCUT2D eigenvalue weighted by atomic mass is 9.99. The van der Waals surface area contributed by atoms with Crippen LogP contribution < -0.4 is 5.32 Å². The first kappa shape index (κ1) is 24.3. The summed E-state index contributed by atoms with van der Waals surface area (Å²) in [5.41, 5.74) is 4.72. The van der Waals surface area contributed by atoms with Gasteiger partial charge in [0.2, 0.25) is 11.8 Å². The van der Waals surface area contributed by atoms with Crippen LogP contribution in [0.4, 0.5) is 0 Å². The van der Waals surface area contributed by atoms with Crippen molar-refractivity contribution in [1.29, 1.82) is 0 Å². The predicted molar refractivity (Wildman–Crippen MR) is 132 cm³/mol. The summed E-state index contributed by atoms with van der Waals surface area (Å²) in [5, 5.41) is 2.32. The zero-order valence-electron chi connectivity index (χ0n) is 20.3. The molecule has 2 aromatic carbocycles. The summed E-state index contributed by atoms with van der Waals surface area (Å²) in [6.07, 6.45) is 2.03. The molecule has 3 aliphatic rings. The number of fused-ring (bicyclic) bond motifs is 1. The number of ketones is 1. The summed E-state index contributed by atoms with van der Waals surface area (Å²) in [6.45, 7) is 4.72. The molecule has 1 N–H and O–H groups in total. The number of hydrogen-bond acceptors (Lipinski definition) is 6. The van der Waals surface area contributed by atoms with Gasteiger partial charge in [0.05, 0.1) is 13.2 Å². The maximum absolute atomic E-state index is 12.8. The fourth-order valence-corrected chi connectivity index (χ4v) is 5.16. The first-order valence-corrected chi connectivity index (χ1v) is 12.6. The minimum atomic E-state index is -0.618. The van der Waals surface area contributed by atoms with Crippen LogP contribution in [0.5, 0.6) is 0 Å². The largest absolute Gasteiger partial charge is 0.379 e. The fraction of sp³-hybridized carbons (Fsp3) is 0.429. The van der Waals surface area contributed by atoms with Gasteiger partial charge in [0.1, 0.15) is 11.8 Å². The quantitative estimate of drug-likeness (QED) is 0.570. The third kappa shape index (κ3) is 5.55. The van der Waals surface area contributed by atoms with Crippen LogP contribution >= 0.6 is 0 Å². The summed E-state index contributed by atoms with van der Waals surface area (Å²) >= 11 is 0. The average Bonchev–Trinajstić information content (AvgIpc) is 3.20. The van der Waals surface area contributed by atoms with Crippen molar-refractivity contribution < 1.29 is 23.9 Å². The Bertz CT molecular complexity index is 1170. The Balaban J connectivity index is 1.12. The number of rotatable bonds is 8. The predicted octanol–water partition coefficient (Wildman–Crippen LogP) is 2.02. The number of benzene rings is 2. The molecule has 188 valence electrons. The molecule has 1 unspecified atom stereocenters. The number of nitrogens with one attached hydrogen (secondary N) is 1. The van der Waals surface area contributed by atoms with Crippen molar-refractivity contribution in [1.82, 2.24) is 15.1 Å². The maximum Gasteiger partial charge on any atom is 0.255 e. The number of aryl methyl sites for hydroxylation is 1. The molecule has 0 radical (unpaired) electrons. The van der Waals surface area contributed by atoms with Crippen LogP contribution in [0, 0.1) is 0 Å². The van der Waals surface area contributed by atoms with Gasteiger partial charge >= 0.3 is 0 Å². The van der Waals surface area contributed by atoms with E-state index in [1.807, 2.05) is 24.3 Å². The molecule has 2 saturated heterocycles. The molecule has 8 nitrogen and oxygen atoms in total. The van der Waals surface area contributed by atoms with Gasteiger partial charge in [-0.2, -0.15) is 0 Å². The highest BCUT2D eigenvalue weighted by atomic mass is 16.5. The van der Waals surface area contributed by atoms with E-state index in [1.165, 1.54) is 5.56 Å². The Kier molecular flexibility index (Phi) is 7.25. The topological polar surface area (TPSA) is 96.0 Å². The molecule has 36 heavy (non-hydrogen) atoms. The number of hydrogen-bond donors (Lipinski definition) is 1. The van der Waals surface area contributed by atoms with Crippen molar-refractivity contribution in [2.75, 3.05) is 26.3 Å². The van der Waals surface area contributed by atoms with Crippen molar-refractivity contribution in [2.24, 2.45) is 0 Å². The van der Waals surface area contributed by atoms with E-state index in [9.17, 15) is 19.2 Å². The number of morpholine rings is 1. The standard InChI is InChI=1S/C28H31N3O5/c32-23(16-20-1-3-21(4-2-20)17-30-11-13-36-14-12-30)7-5-19-6-8-24-22(15-19)18-31(28(24)35)25-9-10-26(33)29-27(25)34/h1-4,6,8,15,25H,5,7,9-14,16-18H2,(H,29,33,34). The highest BCUT2D eigenvalue weighted by Gasteiger charge is 2.39. The number of carbonyl (C=O) groups excluding carboxylic acids is 4. The molecule has 3 aliphatic heterocycles. The summed E-state index contributed by atoms with van der Waals surface area (Å²) in [7, 11) is 0. The van der Waals surface area contributed by atoms with Crippen molar-refractivity contribution >= 4 is 23.5 Å². The van der Waals surface area contributed by atoms with Gasteiger partial charge in [0.15, 0.2) is 0 Å². The molecule has 0 saturated carbocycles. The van der Waals surface area contributed by atoms with Crippen LogP contribution in [-0.2, 0) is 45.1 Å². The fourth-order valence-electron chi connectivity index (χ4n) is 5.16. The average molecular weight is 490 g/mol. The molecule has 8 heteroatoms. The van der Waals surface area contributed by atoms with Crippen LogP contribution in [0.15, 0.2) is 42.5 Å². The zero-order chi connectivity index (χ0) is 25.1. The van der Waals surface area contributed by atoms with E-state index < -0.39 is 11.9 Å². The van der Waals surface area contributed by atoms with Gasteiger partial charge in [-0.3, -0.25) is 29.4 Å². The first-order chi connectivity index (χ1) is 17.5. The van der Waals surface area contributed by atoms with Crippen LogP contribution in [-0.4, -0.2) is 65.6 Å². The van der Waals surface area contributed by atoms with Gasteiger partial charge < -0.3 is 9.64 Å². The molecular formula is C28H31N3O5. The van der Waals surface area contributed by atoms with E-state index in [-0.39, 0.29) is 24.0 Å². The van der Waals surface area contributed by atoms with Gasteiger partial charge in [-0.25, -0.2) is 0 Å². The first-order valence-electron chi connectivity index (χ1n) is 12.6. The van der Waals surface area contributed by atoms with E-state index in [1.54, 1.807) is 11.0 Å². The van der Waals surface area contributed by atoms with Gasteiger partial charge in [0, 0.05) is 51.0 Å². The van der Waals surface area contributed by atoms with Gasteiger partial charge in [-0.15, -0.1) is 0 Å². The van der Waals surface area contributed by atoms with Crippen LogP contribution in [0.25, 0.3) is 0 Å². The summed E-state index contributed by atoms with van der Waals surface area (Å²) in [5.74, 6) is -0.708. The Morgan fingerprint density at radius 1 is 0.972 bits per heavy atom. The Labute approximate surface area is 210 Å². The smallest absolute Gasteiger partial charge is 0.255 e. The Morgan fingerprint density at radius 3 is 2.44 bits per heavy atom. The molecule has 0 spiro atoms. The van der Waals surface area contributed by atoms with Gasteiger partial charge in [-0.05, 0) is 41.2 Å². The number of nitrogens with zero attached hydrogens (tertiary/aromatic N) is 2. The lowest BCUT2D eigenvalue weighted by Crippen LogP contribution is -2.52. The van der Waals surface area contributed by atoms with Crippen LogP contribution in [0.3, 0.4) is 0 Å². The lowest BCUT2D eigenvalue weighted by Gasteiger charge is -2.29. The Morgan fingerprint density at radius 2 is 1.69 bits per heavy atom. The molecular weight excluding hydrogens is 458 g/mol. The maximum atomic E-state index is 12.8. The number of Topliss-reactive ketones (excluding diaryl/α,β-unsaturated/α-hetero) is 1. The second-order valence-electron chi connectivity index (χ2n) is 9.81. The van der Waals surface area contributed by atoms with Crippen molar-refractivity contribution in [2.45, 2.75) is 51.2 Å². The van der Waals surface area contributed by atoms with Crippen molar-refractivity contribution in [3.63, 3.8) is 0 Å². The van der Waals surface area contributed by atoms with E-state index in [4.69, 9.17) is 4.74 Å². The molecule has 0 aliphatic carbocycles.